The highest BCUT2D eigenvalue weighted by molar-refractivity contribution is 5.95. The molecule has 0 unspecified atom stereocenters. The van der Waals surface area contributed by atoms with Gasteiger partial charge in [0.1, 0.15) is 0 Å². The lowest BCUT2D eigenvalue weighted by Gasteiger charge is -2.26. The Kier molecular flexibility index (Phi) is 2.76. The van der Waals surface area contributed by atoms with E-state index in [1.165, 1.54) is 11.1 Å². The molecule has 15 heavy (non-hydrogen) atoms. The summed E-state index contributed by atoms with van der Waals surface area (Å²) in [6.07, 6.45) is 3.46. The van der Waals surface area contributed by atoms with E-state index in [2.05, 4.69) is 25.1 Å². The summed E-state index contributed by atoms with van der Waals surface area (Å²) in [5.41, 5.74) is 3.69. The second-order valence-corrected chi connectivity index (χ2v) is 4.02. The molecule has 1 aromatic rings. The van der Waals surface area contributed by atoms with Crippen LogP contribution in [0, 0.1) is 6.92 Å². The number of amides is 1. The fraction of sp³-hybridized carbons (Fsp3) is 0.385. The van der Waals surface area contributed by atoms with Crippen molar-refractivity contribution in [1.82, 2.24) is 0 Å². The van der Waals surface area contributed by atoms with Crippen molar-refractivity contribution in [1.29, 1.82) is 0 Å². The molecule has 2 nitrogen and oxygen atoms in total. The number of carbonyl (C=O) groups excluding carboxylic acids is 1. The summed E-state index contributed by atoms with van der Waals surface area (Å²) in [6.45, 7) is 3.86. The van der Waals surface area contributed by atoms with E-state index in [0.29, 0.717) is 6.42 Å². The molecule has 1 heterocycles. The normalized spacial score (nSPS) is 15.3. The van der Waals surface area contributed by atoms with Gasteiger partial charge in [0.15, 0.2) is 0 Å². The highest BCUT2D eigenvalue weighted by Gasteiger charge is 2.20. The third kappa shape index (κ3) is 1.89. The average molecular weight is 202 g/mol. The Balaban J connectivity index is 2.34. The summed E-state index contributed by atoms with van der Waals surface area (Å²) in [5, 5.41) is 0. The molecular weight excluding hydrogens is 186 g/mol. The lowest BCUT2D eigenvalue weighted by atomic mass is 9.98. The maximum Gasteiger partial charge on any atom is 0.227 e. The van der Waals surface area contributed by atoms with Crippen LogP contribution < -0.4 is 4.90 Å². The van der Waals surface area contributed by atoms with Crippen LogP contribution in [0.3, 0.4) is 0 Å². The van der Waals surface area contributed by atoms with Gasteiger partial charge in [0.25, 0.3) is 0 Å². The summed E-state index contributed by atoms with van der Waals surface area (Å²) in [4.78, 5) is 13.2. The molecule has 0 aliphatic carbocycles. The molecule has 2 rings (SSSR count). The van der Waals surface area contributed by atoms with Crippen molar-refractivity contribution in [3.05, 3.63) is 36.2 Å². The maximum atomic E-state index is 11.5. The van der Waals surface area contributed by atoms with Gasteiger partial charge in [-0.3, -0.25) is 4.79 Å². The fourth-order valence-corrected chi connectivity index (χ4v) is 2.07. The zero-order valence-corrected chi connectivity index (χ0v) is 9.12. The second-order valence-electron chi connectivity index (χ2n) is 4.02. The molecule has 1 aliphatic rings. The van der Waals surface area contributed by atoms with Crippen LogP contribution in [0.2, 0.25) is 0 Å². The molecule has 0 saturated carbocycles. The van der Waals surface area contributed by atoms with Crippen LogP contribution in [0.15, 0.2) is 18.2 Å². The van der Waals surface area contributed by atoms with Crippen LogP contribution in [0.1, 0.15) is 24.0 Å². The van der Waals surface area contributed by atoms with Crippen molar-refractivity contribution in [3.63, 3.8) is 0 Å². The van der Waals surface area contributed by atoms with Gasteiger partial charge in [0, 0.05) is 19.2 Å². The van der Waals surface area contributed by atoms with Crippen molar-refractivity contribution in [2.45, 2.75) is 25.7 Å². The van der Waals surface area contributed by atoms with Gasteiger partial charge in [-0.15, -0.1) is 0 Å². The Labute approximate surface area is 90.9 Å². The van der Waals surface area contributed by atoms with E-state index in [-0.39, 0.29) is 5.91 Å². The molecule has 1 aromatic carbocycles. The Morgan fingerprint density at radius 3 is 2.93 bits per heavy atom. The van der Waals surface area contributed by atoms with Gasteiger partial charge >= 0.3 is 0 Å². The molecule has 0 saturated heterocycles. The van der Waals surface area contributed by atoms with Crippen LogP contribution in [-0.4, -0.2) is 13.0 Å². The number of carbonyl (C=O) groups is 1. The summed E-state index contributed by atoms with van der Waals surface area (Å²) >= 11 is 0. The number of nitrogens with zero attached hydrogens (tertiary/aromatic N) is 1. The summed E-state index contributed by atoms with van der Waals surface area (Å²) in [7, 11) is 1.85. The molecule has 0 N–H and O–H groups in total. The number of aryl methyl sites for hydroxylation is 2. The van der Waals surface area contributed by atoms with Crippen LogP contribution >= 0.6 is 0 Å². The molecule has 79 valence electrons. The lowest BCUT2D eigenvalue weighted by molar-refractivity contribution is -0.118. The predicted octanol–water partition coefficient (Wildman–Crippen LogP) is 2.36. The summed E-state index contributed by atoms with van der Waals surface area (Å²) < 4.78 is 0. The van der Waals surface area contributed by atoms with Gasteiger partial charge in [-0.1, -0.05) is 19.1 Å². The van der Waals surface area contributed by atoms with Gasteiger partial charge < -0.3 is 4.90 Å². The molecule has 0 spiro atoms. The predicted molar refractivity (Wildman–Crippen MR) is 61.9 cm³/mol. The van der Waals surface area contributed by atoms with Crippen molar-refractivity contribution in [2.24, 2.45) is 0 Å². The third-order valence-electron chi connectivity index (χ3n) is 2.95. The maximum absolute atomic E-state index is 11.5. The average Bonchev–Trinajstić information content (AvgIpc) is 2.24. The monoisotopic (exact) mass is 202 g/mol. The van der Waals surface area contributed by atoms with E-state index in [4.69, 9.17) is 0 Å². The van der Waals surface area contributed by atoms with Crippen LogP contribution in [0.5, 0.6) is 0 Å². The first-order valence-corrected chi connectivity index (χ1v) is 5.40. The quantitative estimate of drug-likeness (QED) is 0.721. The zero-order valence-electron chi connectivity index (χ0n) is 9.12. The fourth-order valence-electron chi connectivity index (χ4n) is 2.07. The Morgan fingerprint density at radius 1 is 1.40 bits per heavy atom. The number of rotatable bonds is 2. The zero-order chi connectivity index (χ0) is 10.8. The largest absolute Gasteiger partial charge is 0.315 e. The lowest BCUT2D eigenvalue weighted by Crippen LogP contribution is -2.31. The number of hydrogen-bond acceptors (Lipinski definition) is 1. The Morgan fingerprint density at radius 2 is 2.20 bits per heavy atom. The molecule has 0 aromatic heterocycles. The van der Waals surface area contributed by atoms with Crippen molar-refractivity contribution < 1.29 is 4.79 Å². The van der Waals surface area contributed by atoms with E-state index in [9.17, 15) is 4.79 Å². The Hall–Kier alpha value is -1.31. The van der Waals surface area contributed by atoms with Crippen LogP contribution in [-0.2, 0) is 17.6 Å². The molecule has 1 amide bonds. The summed E-state index contributed by atoms with van der Waals surface area (Å²) in [5.74, 6) is 0.215. The molecule has 1 aliphatic heterocycles. The smallest absolute Gasteiger partial charge is 0.227 e. The standard InChI is InChI=1S/C13H16NO/c1-3-4-10-5-7-12-11(9-10)6-8-13(15)14(12)2/h5,7,9H,1,3-4,6,8H2,2H3. The van der Waals surface area contributed by atoms with Crippen molar-refractivity contribution >= 4 is 11.6 Å². The number of fused-ring (bicyclic) bond motifs is 1. The molecule has 0 atom stereocenters. The number of hydrogen-bond donors (Lipinski definition) is 0. The first-order chi connectivity index (χ1) is 7.22. The highest BCUT2D eigenvalue weighted by Crippen LogP contribution is 2.27. The molecule has 0 fully saturated rings. The van der Waals surface area contributed by atoms with Crippen molar-refractivity contribution in [3.8, 4) is 0 Å². The Bertz CT molecular complexity index is 384. The van der Waals surface area contributed by atoms with E-state index < -0.39 is 0 Å². The van der Waals surface area contributed by atoms with E-state index in [0.717, 1.165) is 24.9 Å². The molecule has 2 heteroatoms. The SMILES string of the molecule is [CH2]CCc1ccc2c(c1)CCC(=O)N2C. The molecule has 1 radical (unpaired) electrons. The minimum atomic E-state index is 0.215. The summed E-state index contributed by atoms with van der Waals surface area (Å²) in [6, 6.07) is 6.36. The van der Waals surface area contributed by atoms with Crippen LogP contribution in [0.4, 0.5) is 5.69 Å². The second kappa shape index (κ2) is 4.05. The third-order valence-corrected chi connectivity index (χ3v) is 2.95. The minimum absolute atomic E-state index is 0.215. The first kappa shape index (κ1) is 10.2. The first-order valence-electron chi connectivity index (χ1n) is 5.40. The number of anilines is 1. The van der Waals surface area contributed by atoms with Gasteiger partial charge in [-0.2, -0.15) is 0 Å². The van der Waals surface area contributed by atoms with Gasteiger partial charge in [0.2, 0.25) is 5.91 Å². The minimum Gasteiger partial charge on any atom is -0.315 e. The molecular formula is C13H16NO. The van der Waals surface area contributed by atoms with Crippen LogP contribution in [0.25, 0.3) is 0 Å². The van der Waals surface area contributed by atoms with Gasteiger partial charge in [-0.05, 0) is 36.5 Å². The van der Waals surface area contributed by atoms with Crippen molar-refractivity contribution in [2.75, 3.05) is 11.9 Å². The van der Waals surface area contributed by atoms with Gasteiger partial charge in [0.05, 0.1) is 0 Å². The number of benzene rings is 1. The highest BCUT2D eigenvalue weighted by atomic mass is 16.2. The van der Waals surface area contributed by atoms with E-state index in [1.807, 2.05) is 7.05 Å². The molecule has 0 bridgehead atoms. The van der Waals surface area contributed by atoms with E-state index >= 15 is 0 Å². The van der Waals surface area contributed by atoms with Gasteiger partial charge in [-0.25, -0.2) is 0 Å². The van der Waals surface area contributed by atoms with E-state index in [1.54, 1.807) is 4.90 Å². The topological polar surface area (TPSA) is 20.3 Å².